The van der Waals surface area contributed by atoms with Crippen LogP contribution in [0.2, 0.25) is 0 Å². The number of amides is 2. The molecule has 2 aliphatic heterocycles. The van der Waals surface area contributed by atoms with Crippen LogP contribution in [0.25, 0.3) is 0 Å². The maximum Gasteiger partial charge on any atom is 0.325 e. The molecule has 2 aliphatic rings. The van der Waals surface area contributed by atoms with Crippen LogP contribution in [0, 0.1) is 0 Å². The highest BCUT2D eigenvalue weighted by atomic mass is 16.5. The summed E-state index contributed by atoms with van der Waals surface area (Å²) >= 11 is 0. The van der Waals surface area contributed by atoms with E-state index < -0.39 is 0 Å². The van der Waals surface area contributed by atoms with Gasteiger partial charge in [-0.1, -0.05) is 0 Å². The molecule has 1 aromatic rings. The van der Waals surface area contributed by atoms with E-state index in [2.05, 4.69) is 10.3 Å². The summed E-state index contributed by atoms with van der Waals surface area (Å²) in [4.78, 5) is 17.3. The maximum atomic E-state index is 11.5. The zero-order valence-corrected chi connectivity index (χ0v) is 7.43. The van der Waals surface area contributed by atoms with Gasteiger partial charge in [0.2, 0.25) is 0 Å². The first-order valence-corrected chi connectivity index (χ1v) is 4.50. The molecule has 1 atom stereocenters. The number of aromatic nitrogens is 1. The van der Waals surface area contributed by atoms with E-state index in [0.717, 1.165) is 5.56 Å². The van der Waals surface area contributed by atoms with Crippen molar-refractivity contribution >= 4 is 11.8 Å². The fourth-order valence-electron chi connectivity index (χ4n) is 1.83. The molecule has 0 bridgehead atoms. The predicted molar refractivity (Wildman–Crippen MR) is 48.7 cm³/mol. The lowest BCUT2D eigenvalue weighted by Crippen LogP contribution is -2.39. The van der Waals surface area contributed by atoms with Crippen molar-refractivity contribution in [1.82, 2.24) is 9.88 Å². The van der Waals surface area contributed by atoms with Crippen LogP contribution in [-0.2, 0) is 4.74 Å². The molecule has 72 valence electrons. The Hall–Kier alpha value is -1.62. The van der Waals surface area contributed by atoms with Gasteiger partial charge in [0.1, 0.15) is 5.82 Å². The second-order valence-corrected chi connectivity index (χ2v) is 3.29. The quantitative estimate of drug-likeness (QED) is 0.664. The monoisotopic (exact) mass is 191 g/mol. The molecule has 1 N–H and O–H groups in total. The van der Waals surface area contributed by atoms with Gasteiger partial charge in [-0.3, -0.25) is 10.2 Å². The van der Waals surface area contributed by atoms with Gasteiger partial charge >= 0.3 is 6.03 Å². The van der Waals surface area contributed by atoms with E-state index in [1.165, 1.54) is 0 Å². The summed E-state index contributed by atoms with van der Waals surface area (Å²) in [6, 6.07) is 3.64. The summed E-state index contributed by atoms with van der Waals surface area (Å²) in [6.07, 6.45) is 1.41. The Balaban J connectivity index is 2.11. The Morgan fingerprint density at radius 1 is 1.64 bits per heavy atom. The first kappa shape index (κ1) is 7.75. The fraction of sp³-hybridized carbons (Fsp3) is 0.333. The third-order valence-electron chi connectivity index (χ3n) is 2.48. The third-order valence-corrected chi connectivity index (χ3v) is 2.48. The SMILES string of the molecule is O=C1Nc2ncccc2C2OCCN12. The summed E-state index contributed by atoms with van der Waals surface area (Å²) < 4.78 is 5.48. The summed E-state index contributed by atoms with van der Waals surface area (Å²) in [5.74, 6) is 0.612. The molecular weight excluding hydrogens is 182 g/mol. The zero-order valence-electron chi connectivity index (χ0n) is 7.43. The van der Waals surface area contributed by atoms with Crippen molar-refractivity contribution in [1.29, 1.82) is 0 Å². The number of carbonyl (C=O) groups excluding carboxylic acids is 1. The van der Waals surface area contributed by atoms with E-state index in [9.17, 15) is 4.79 Å². The van der Waals surface area contributed by atoms with Gasteiger partial charge in [-0.15, -0.1) is 0 Å². The summed E-state index contributed by atoms with van der Waals surface area (Å²) in [5.41, 5.74) is 0.935. The Bertz CT molecular complexity index is 393. The second-order valence-electron chi connectivity index (χ2n) is 3.29. The van der Waals surface area contributed by atoms with Crippen molar-refractivity contribution in [2.24, 2.45) is 0 Å². The molecular formula is C9H9N3O2. The number of anilines is 1. The number of hydrogen-bond acceptors (Lipinski definition) is 3. The minimum Gasteiger partial charge on any atom is -0.352 e. The van der Waals surface area contributed by atoms with Crippen molar-refractivity contribution in [2.75, 3.05) is 18.5 Å². The van der Waals surface area contributed by atoms with Gasteiger partial charge < -0.3 is 4.74 Å². The number of hydrogen-bond donors (Lipinski definition) is 1. The topological polar surface area (TPSA) is 54.5 Å². The standard InChI is InChI=1S/C9H9N3O2/c13-9-11-7-6(2-1-3-10-7)8-12(9)4-5-14-8/h1-3,8H,4-5H2,(H,10,11,13). The van der Waals surface area contributed by atoms with Crippen LogP contribution in [0.1, 0.15) is 11.8 Å². The number of urea groups is 1. The lowest BCUT2D eigenvalue weighted by molar-refractivity contribution is 0.0495. The van der Waals surface area contributed by atoms with Crippen LogP contribution in [0.4, 0.5) is 10.6 Å². The zero-order chi connectivity index (χ0) is 9.54. The highest BCUT2D eigenvalue weighted by Gasteiger charge is 2.37. The van der Waals surface area contributed by atoms with Gasteiger partial charge in [0.25, 0.3) is 0 Å². The van der Waals surface area contributed by atoms with E-state index in [1.807, 2.05) is 12.1 Å². The number of pyridine rings is 1. The van der Waals surface area contributed by atoms with Gasteiger partial charge in [0.05, 0.1) is 6.61 Å². The highest BCUT2D eigenvalue weighted by molar-refractivity contribution is 5.91. The smallest absolute Gasteiger partial charge is 0.325 e. The van der Waals surface area contributed by atoms with E-state index in [4.69, 9.17) is 4.74 Å². The maximum absolute atomic E-state index is 11.5. The number of nitrogens with one attached hydrogen (secondary N) is 1. The molecule has 5 nitrogen and oxygen atoms in total. The van der Waals surface area contributed by atoms with Crippen molar-refractivity contribution in [2.45, 2.75) is 6.23 Å². The molecule has 0 aromatic carbocycles. The van der Waals surface area contributed by atoms with Crippen LogP contribution in [-0.4, -0.2) is 29.1 Å². The minimum absolute atomic E-state index is 0.126. The molecule has 0 aliphatic carbocycles. The summed E-state index contributed by atoms with van der Waals surface area (Å²) in [6.45, 7) is 1.23. The van der Waals surface area contributed by atoms with E-state index in [-0.39, 0.29) is 12.3 Å². The normalized spacial score (nSPS) is 24.1. The molecule has 3 heterocycles. The summed E-state index contributed by atoms with van der Waals surface area (Å²) in [5, 5.41) is 2.73. The Morgan fingerprint density at radius 2 is 2.57 bits per heavy atom. The van der Waals surface area contributed by atoms with Crippen LogP contribution in [0.5, 0.6) is 0 Å². The van der Waals surface area contributed by atoms with Gasteiger partial charge in [0, 0.05) is 18.3 Å². The largest absolute Gasteiger partial charge is 0.352 e. The average molecular weight is 191 g/mol. The first-order valence-electron chi connectivity index (χ1n) is 4.50. The van der Waals surface area contributed by atoms with Crippen LogP contribution < -0.4 is 5.32 Å². The number of nitrogens with zero attached hydrogens (tertiary/aromatic N) is 2. The molecule has 0 radical (unpaired) electrons. The Morgan fingerprint density at radius 3 is 3.50 bits per heavy atom. The van der Waals surface area contributed by atoms with Crippen molar-refractivity contribution in [3.8, 4) is 0 Å². The molecule has 5 heteroatoms. The average Bonchev–Trinajstić information content (AvgIpc) is 2.67. The molecule has 14 heavy (non-hydrogen) atoms. The van der Waals surface area contributed by atoms with Crippen LogP contribution >= 0.6 is 0 Å². The Labute approximate surface area is 80.7 Å². The molecule has 2 amide bonds. The molecule has 0 saturated carbocycles. The van der Waals surface area contributed by atoms with Crippen molar-refractivity contribution < 1.29 is 9.53 Å². The van der Waals surface area contributed by atoms with E-state index in [0.29, 0.717) is 19.0 Å². The fourth-order valence-corrected chi connectivity index (χ4v) is 1.83. The third kappa shape index (κ3) is 0.927. The van der Waals surface area contributed by atoms with E-state index in [1.54, 1.807) is 11.1 Å². The number of fused-ring (bicyclic) bond motifs is 3. The predicted octanol–water partition coefficient (Wildman–Crippen LogP) is 0.958. The number of ether oxygens (including phenoxy) is 1. The van der Waals surface area contributed by atoms with Crippen LogP contribution in [0.15, 0.2) is 18.3 Å². The minimum atomic E-state index is -0.243. The lowest BCUT2D eigenvalue weighted by atomic mass is 10.2. The van der Waals surface area contributed by atoms with Gasteiger partial charge in [-0.25, -0.2) is 9.78 Å². The molecule has 3 rings (SSSR count). The van der Waals surface area contributed by atoms with Crippen molar-refractivity contribution in [3.05, 3.63) is 23.9 Å². The molecule has 1 aromatic heterocycles. The lowest BCUT2D eigenvalue weighted by Gasteiger charge is -2.29. The van der Waals surface area contributed by atoms with Gasteiger partial charge in [-0.05, 0) is 12.1 Å². The molecule has 1 fully saturated rings. The first-order chi connectivity index (χ1) is 6.86. The Kier molecular flexibility index (Phi) is 1.49. The molecule has 1 saturated heterocycles. The molecule has 0 spiro atoms. The summed E-state index contributed by atoms with van der Waals surface area (Å²) in [7, 11) is 0. The highest BCUT2D eigenvalue weighted by Crippen LogP contribution is 2.34. The van der Waals surface area contributed by atoms with Gasteiger partial charge in [-0.2, -0.15) is 0 Å². The van der Waals surface area contributed by atoms with Crippen molar-refractivity contribution in [3.63, 3.8) is 0 Å². The van der Waals surface area contributed by atoms with Crippen LogP contribution in [0.3, 0.4) is 0 Å². The number of carbonyl (C=O) groups is 1. The molecule has 1 unspecified atom stereocenters. The second kappa shape index (κ2) is 2.68. The number of rotatable bonds is 0. The van der Waals surface area contributed by atoms with E-state index >= 15 is 0 Å². The van der Waals surface area contributed by atoms with Gasteiger partial charge in [0.15, 0.2) is 6.23 Å².